The summed E-state index contributed by atoms with van der Waals surface area (Å²) in [5, 5.41) is 18.8. The molecule has 1 saturated heterocycles. The van der Waals surface area contributed by atoms with Gasteiger partial charge in [0.1, 0.15) is 12.3 Å². The number of nitrogen functional groups attached to an aromatic ring is 1. The van der Waals surface area contributed by atoms with Crippen molar-refractivity contribution in [3.8, 4) is 0 Å². The largest absolute Gasteiger partial charge is 0.491 e. The number of hydrogen-bond donors (Lipinski definition) is 5. The summed E-state index contributed by atoms with van der Waals surface area (Å²) in [5.41, 5.74) is 5.50. The highest BCUT2D eigenvalue weighted by Gasteiger charge is 2.35. The number of aliphatic hydroxyl groups is 2. The fourth-order valence-electron chi connectivity index (χ4n) is 2.87. The van der Waals surface area contributed by atoms with Crippen LogP contribution in [-0.2, 0) is 9.30 Å². The molecule has 0 aliphatic carbocycles. The third-order valence-corrected chi connectivity index (χ3v) is 4.49. The van der Waals surface area contributed by atoms with E-state index in [1.807, 2.05) is 0 Å². The van der Waals surface area contributed by atoms with E-state index in [-0.39, 0.29) is 30.1 Å². The van der Waals surface area contributed by atoms with E-state index in [4.69, 9.17) is 25.0 Å². The normalized spacial score (nSPS) is 21.0. The molecule has 3 heterocycles. The van der Waals surface area contributed by atoms with Crippen molar-refractivity contribution in [2.45, 2.75) is 45.6 Å². The average molecular weight is 433 g/mol. The number of nitrogens with two attached hydrogens (primary N) is 1. The van der Waals surface area contributed by atoms with Crippen molar-refractivity contribution in [1.82, 2.24) is 24.4 Å². The summed E-state index contributed by atoms with van der Waals surface area (Å²) in [6.45, 7) is 9.85. The molecule has 29 heavy (non-hydrogen) atoms. The number of rotatable bonds is 5. The van der Waals surface area contributed by atoms with Gasteiger partial charge < -0.3 is 25.6 Å². The Kier molecular flexibility index (Phi) is 10.9. The zero-order valence-electron chi connectivity index (χ0n) is 16.8. The summed E-state index contributed by atoms with van der Waals surface area (Å²) in [6, 6.07) is 0. The molecule has 3 rings (SSSR count). The van der Waals surface area contributed by atoms with Gasteiger partial charge in [0.05, 0.1) is 19.0 Å². The van der Waals surface area contributed by atoms with Crippen molar-refractivity contribution in [3.63, 3.8) is 0 Å². The van der Waals surface area contributed by atoms with Crippen LogP contribution in [0.2, 0.25) is 0 Å². The van der Waals surface area contributed by atoms with Crippen LogP contribution >= 0.6 is 8.69 Å². The van der Waals surface area contributed by atoms with Crippen LogP contribution in [0.4, 0.5) is 5.95 Å². The molecular formula is C16H30N6O6P+. The van der Waals surface area contributed by atoms with Crippen LogP contribution in [0.3, 0.4) is 0 Å². The number of imidazole rings is 1. The molecule has 12 nitrogen and oxygen atoms in total. The standard InChI is InChI=1S/C10H13N5O4.C6H15N.HO2P/c11-10-13-8-7(9(18)14-10)12-3-15(8)6-1-4(17)5(2-16)19-6;1-4-7(5-2)6-3;1-3-2/h3-6,16-17H,1-2H2,(H3,11,13,14,18);4-6H2,1-3H3;3H/p+1/t4-,5+,6+;;/m0../s1. The molecule has 4 atom stereocenters. The van der Waals surface area contributed by atoms with Gasteiger partial charge in [-0.3, -0.25) is 14.3 Å². The Morgan fingerprint density at radius 3 is 2.41 bits per heavy atom. The van der Waals surface area contributed by atoms with Gasteiger partial charge in [-0.15, -0.1) is 0 Å². The SMILES string of the molecule is CCN(CC)CC.Nc1nc2c(ncn2[C@H]2C[C@H](O)[C@@H](CO)O2)c(=O)[nH]1.O=[PH+]O. The van der Waals surface area contributed by atoms with Crippen molar-refractivity contribution >= 4 is 25.8 Å². The number of ether oxygens (including phenoxy) is 1. The summed E-state index contributed by atoms with van der Waals surface area (Å²) >= 11 is 0. The highest BCUT2D eigenvalue weighted by Crippen LogP contribution is 2.30. The third-order valence-electron chi connectivity index (χ3n) is 4.49. The summed E-state index contributed by atoms with van der Waals surface area (Å²) in [4.78, 5) is 31.4. The van der Waals surface area contributed by atoms with Gasteiger partial charge in [0.2, 0.25) is 5.95 Å². The lowest BCUT2D eigenvalue weighted by Crippen LogP contribution is -2.24. The molecule has 0 radical (unpaired) electrons. The molecule has 0 amide bonds. The molecule has 2 aromatic rings. The van der Waals surface area contributed by atoms with Crippen LogP contribution in [0.25, 0.3) is 11.2 Å². The third kappa shape index (κ3) is 6.81. The number of aliphatic hydroxyl groups excluding tert-OH is 2. The molecule has 6 N–H and O–H groups in total. The van der Waals surface area contributed by atoms with E-state index in [9.17, 15) is 9.90 Å². The summed E-state index contributed by atoms with van der Waals surface area (Å²) < 4.78 is 15.5. The van der Waals surface area contributed by atoms with E-state index >= 15 is 0 Å². The summed E-state index contributed by atoms with van der Waals surface area (Å²) in [6.07, 6.45) is -0.270. The van der Waals surface area contributed by atoms with E-state index in [0.29, 0.717) is 0 Å². The Morgan fingerprint density at radius 2 is 1.97 bits per heavy atom. The van der Waals surface area contributed by atoms with Gasteiger partial charge in [-0.25, -0.2) is 4.98 Å². The molecule has 0 saturated carbocycles. The van der Waals surface area contributed by atoms with E-state index in [2.05, 4.69) is 40.6 Å². The molecule has 2 aromatic heterocycles. The number of aromatic amines is 1. The first-order valence-electron chi connectivity index (χ1n) is 9.26. The van der Waals surface area contributed by atoms with E-state index < -0.39 is 32.7 Å². The fourth-order valence-corrected chi connectivity index (χ4v) is 2.87. The highest BCUT2D eigenvalue weighted by atomic mass is 31.1. The van der Waals surface area contributed by atoms with Gasteiger partial charge in [0.15, 0.2) is 11.2 Å². The number of hydrogen-bond acceptors (Lipinski definition) is 9. The van der Waals surface area contributed by atoms with Crippen LogP contribution in [0, 0.1) is 0 Å². The molecule has 0 spiro atoms. The van der Waals surface area contributed by atoms with Crippen LogP contribution < -0.4 is 11.3 Å². The molecule has 1 unspecified atom stereocenters. The monoisotopic (exact) mass is 433 g/mol. The van der Waals surface area contributed by atoms with Gasteiger partial charge in [-0.2, -0.15) is 9.88 Å². The lowest BCUT2D eigenvalue weighted by molar-refractivity contribution is -0.0432. The maximum atomic E-state index is 11.6. The predicted molar refractivity (Wildman–Crippen MR) is 109 cm³/mol. The van der Waals surface area contributed by atoms with E-state index in [0.717, 1.165) is 0 Å². The van der Waals surface area contributed by atoms with Gasteiger partial charge in [0, 0.05) is 6.42 Å². The highest BCUT2D eigenvalue weighted by molar-refractivity contribution is 7.16. The number of nitrogens with one attached hydrogen (secondary N) is 1. The fraction of sp³-hybridized carbons (Fsp3) is 0.688. The number of anilines is 1. The van der Waals surface area contributed by atoms with Crippen molar-refractivity contribution in [2.75, 3.05) is 32.0 Å². The lowest BCUT2D eigenvalue weighted by Gasteiger charge is -2.13. The minimum Gasteiger partial charge on any atom is -0.394 e. The minimum atomic E-state index is -1.17. The second-order valence-electron chi connectivity index (χ2n) is 6.10. The second-order valence-corrected chi connectivity index (χ2v) is 6.28. The number of H-pyrrole nitrogens is 1. The van der Waals surface area contributed by atoms with Gasteiger partial charge in [-0.05, 0) is 24.2 Å². The molecule has 13 heteroatoms. The molecule has 0 aromatic carbocycles. The van der Waals surface area contributed by atoms with Gasteiger partial charge in [-0.1, -0.05) is 20.8 Å². The average Bonchev–Trinajstić information content (AvgIpc) is 3.27. The Bertz CT molecular complexity index is 805. The molecule has 164 valence electrons. The predicted octanol–water partition coefficient (Wildman–Crippen LogP) is -0.392. The Labute approximate surface area is 169 Å². The first kappa shape index (κ1) is 25.1. The Balaban J connectivity index is 0.000000355. The Morgan fingerprint density at radius 1 is 1.38 bits per heavy atom. The zero-order valence-corrected chi connectivity index (χ0v) is 17.8. The first-order valence-corrected chi connectivity index (χ1v) is 10.1. The summed E-state index contributed by atoms with van der Waals surface area (Å²) in [7, 11) is -1.17. The van der Waals surface area contributed by atoms with Crippen molar-refractivity contribution in [1.29, 1.82) is 0 Å². The lowest BCUT2D eigenvalue weighted by atomic mass is 10.2. The van der Waals surface area contributed by atoms with Gasteiger partial charge >= 0.3 is 8.69 Å². The maximum Gasteiger partial charge on any atom is 0.491 e. The smallest absolute Gasteiger partial charge is 0.394 e. The van der Waals surface area contributed by atoms with Crippen molar-refractivity contribution in [2.24, 2.45) is 0 Å². The topological polar surface area (TPSA) is 180 Å². The molecule has 1 aliphatic heterocycles. The van der Waals surface area contributed by atoms with Crippen molar-refractivity contribution < 1.29 is 24.4 Å². The van der Waals surface area contributed by atoms with Crippen LogP contribution in [0.1, 0.15) is 33.4 Å². The van der Waals surface area contributed by atoms with Crippen LogP contribution in [-0.4, -0.2) is 78.0 Å². The first-order chi connectivity index (χ1) is 13.9. The summed E-state index contributed by atoms with van der Waals surface area (Å²) in [5.74, 6) is -0.0171. The number of nitrogens with zero attached hydrogens (tertiary/aromatic N) is 4. The molecule has 1 fully saturated rings. The van der Waals surface area contributed by atoms with Crippen LogP contribution in [0.5, 0.6) is 0 Å². The van der Waals surface area contributed by atoms with Crippen LogP contribution in [0.15, 0.2) is 11.1 Å². The van der Waals surface area contributed by atoms with E-state index in [1.54, 1.807) is 0 Å². The maximum absolute atomic E-state index is 11.6. The van der Waals surface area contributed by atoms with Crippen molar-refractivity contribution in [3.05, 3.63) is 16.7 Å². The molecular weight excluding hydrogens is 403 g/mol. The second kappa shape index (κ2) is 12.6. The van der Waals surface area contributed by atoms with E-state index in [1.165, 1.54) is 30.5 Å². The molecule has 1 aliphatic rings. The number of aromatic nitrogens is 4. The molecule has 0 bridgehead atoms. The zero-order chi connectivity index (χ0) is 22.0. The van der Waals surface area contributed by atoms with Gasteiger partial charge in [0.25, 0.3) is 5.56 Å². The Hall–Kier alpha value is -1.95. The quantitative estimate of drug-likeness (QED) is 0.390. The minimum absolute atomic E-state index is 0.0171. The number of fused-ring (bicyclic) bond motifs is 1.